The fourth-order valence-corrected chi connectivity index (χ4v) is 2.89. The van der Waals surface area contributed by atoms with Gasteiger partial charge in [-0.1, -0.05) is 23.7 Å². The van der Waals surface area contributed by atoms with Gasteiger partial charge in [0.15, 0.2) is 0 Å². The predicted octanol–water partition coefficient (Wildman–Crippen LogP) is 4.55. The van der Waals surface area contributed by atoms with Crippen LogP contribution in [-0.4, -0.2) is 12.0 Å². The molecule has 0 aliphatic carbocycles. The lowest BCUT2D eigenvalue weighted by Gasteiger charge is -2.05. The summed E-state index contributed by atoms with van der Waals surface area (Å²) in [5.74, 6) is 1.41. The van der Waals surface area contributed by atoms with Crippen LogP contribution >= 0.6 is 23.4 Å². The van der Waals surface area contributed by atoms with Crippen molar-refractivity contribution in [3.05, 3.63) is 63.2 Å². The van der Waals surface area contributed by atoms with Crippen LogP contribution in [0.1, 0.15) is 5.56 Å². The summed E-state index contributed by atoms with van der Waals surface area (Å²) in [5, 5.41) is 11.5. The van der Waals surface area contributed by atoms with E-state index in [1.165, 1.54) is 23.9 Å². The average molecular weight is 310 g/mol. The number of nitrogens with zero attached hydrogens (tertiary/aromatic N) is 1. The van der Waals surface area contributed by atoms with Crippen molar-refractivity contribution in [2.45, 2.75) is 10.6 Å². The number of hydrogen-bond acceptors (Lipinski definition) is 4. The highest BCUT2D eigenvalue weighted by Crippen LogP contribution is 2.33. The van der Waals surface area contributed by atoms with Crippen LogP contribution in [0, 0.1) is 10.1 Å². The number of rotatable bonds is 5. The minimum atomic E-state index is -0.396. The van der Waals surface area contributed by atoms with E-state index in [1.807, 2.05) is 24.3 Å². The third kappa shape index (κ3) is 3.65. The first-order chi connectivity index (χ1) is 9.60. The molecule has 0 radical (unpaired) electrons. The summed E-state index contributed by atoms with van der Waals surface area (Å²) in [5.41, 5.74) is 1.14. The zero-order valence-corrected chi connectivity index (χ0v) is 12.3. The molecule has 0 saturated carbocycles. The molecule has 0 bridgehead atoms. The van der Waals surface area contributed by atoms with Crippen molar-refractivity contribution in [2.75, 3.05) is 7.11 Å². The minimum Gasteiger partial charge on any atom is -0.497 e. The maximum atomic E-state index is 11.0. The molecule has 2 aromatic carbocycles. The van der Waals surface area contributed by atoms with E-state index in [1.54, 1.807) is 13.2 Å². The van der Waals surface area contributed by atoms with Gasteiger partial charge in [-0.25, -0.2) is 0 Å². The molecule has 0 spiro atoms. The van der Waals surface area contributed by atoms with Crippen LogP contribution in [0.15, 0.2) is 47.4 Å². The van der Waals surface area contributed by atoms with Crippen molar-refractivity contribution in [3.8, 4) is 5.75 Å². The molecule has 2 rings (SSSR count). The summed E-state index contributed by atoms with van der Waals surface area (Å²) in [4.78, 5) is 11.1. The Hall–Kier alpha value is -1.72. The van der Waals surface area contributed by atoms with Gasteiger partial charge in [-0.2, -0.15) is 0 Å². The van der Waals surface area contributed by atoms with Crippen LogP contribution in [0.3, 0.4) is 0 Å². The first kappa shape index (κ1) is 14.7. The third-order valence-corrected chi connectivity index (χ3v) is 4.02. The Bertz CT molecular complexity index is 616. The van der Waals surface area contributed by atoms with Gasteiger partial charge in [0.1, 0.15) is 5.75 Å². The zero-order valence-electron chi connectivity index (χ0n) is 10.7. The Balaban J connectivity index is 2.13. The quantitative estimate of drug-likeness (QED) is 0.462. The Morgan fingerprint density at radius 3 is 2.55 bits per heavy atom. The SMILES string of the molecule is COc1ccc(CSc2cc(Cl)ccc2[N+](=O)[O-])cc1. The van der Waals surface area contributed by atoms with Crippen LogP contribution in [0.4, 0.5) is 5.69 Å². The van der Waals surface area contributed by atoms with Gasteiger partial charge < -0.3 is 4.74 Å². The molecule has 0 fully saturated rings. The highest BCUT2D eigenvalue weighted by molar-refractivity contribution is 7.98. The fourth-order valence-electron chi connectivity index (χ4n) is 1.64. The lowest BCUT2D eigenvalue weighted by Crippen LogP contribution is -1.91. The second-order valence-corrected chi connectivity index (χ2v) is 5.46. The summed E-state index contributed by atoms with van der Waals surface area (Å²) in [6, 6.07) is 12.2. The van der Waals surface area contributed by atoms with Gasteiger partial charge in [0, 0.05) is 16.8 Å². The highest BCUT2D eigenvalue weighted by Gasteiger charge is 2.14. The Morgan fingerprint density at radius 1 is 1.25 bits per heavy atom. The number of halogens is 1. The topological polar surface area (TPSA) is 52.4 Å². The normalized spacial score (nSPS) is 10.3. The van der Waals surface area contributed by atoms with Crippen LogP contribution < -0.4 is 4.74 Å². The van der Waals surface area contributed by atoms with Gasteiger partial charge in [0.2, 0.25) is 0 Å². The van der Waals surface area contributed by atoms with Crippen molar-refractivity contribution in [1.29, 1.82) is 0 Å². The zero-order chi connectivity index (χ0) is 14.5. The number of ether oxygens (including phenoxy) is 1. The summed E-state index contributed by atoms with van der Waals surface area (Å²) >= 11 is 7.28. The van der Waals surface area contributed by atoms with Crippen molar-refractivity contribution < 1.29 is 9.66 Å². The van der Waals surface area contributed by atoms with Crippen LogP contribution in [-0.2, 0) is 5.75 Å². The van der Waals surface area contributed by atoms with Gasteiger partial charge in [0.05, 0.1) is 16.9 Å². The molecule has 104 valence electrons. The van der Waals surface area contributed by atoms with E-state index in [0.29, 0.717) is 15.7 Å². The number of nitro groups is 1. The summed E-state index contributed by atoms with van der Waals surface area (Å²) in [7, 11) is 1.61. The van der Waals surface area contributed by atoms with Gasteiger partial charge in [-0.15, -0.1) is 11.8 Å². The van der Waals surface area contributed by atoms with E-state index >= 15 is 0 Å². The maximum absolute atomic E-state index is 11.0. The second-order valence-electron chi connectivity index (χ2n) is 4.01. The predicted molar refractivity (Wildman–Crippen MR) is 80.7 cm³/mol. The van der Waals surface area contributed by atoms with Crippen molar-refractivity contribution >= 4 is 29.1 Å². The molecule has 2 aromatic rings. The van der Waals surface area contributed by atoms with Crippen LogP contribution in [0.25, 0.3) is 0 Å². The number of benzene rings is 2. The number of methoxy groups -OCH3 is 1. The number of hydrogen-bond donors (Lipinski definition) is 0. The average Bonchev–Trinajstić information content (AvgIpc) is 2.45. The van der Waals surface area contributed by atoms with Gasteiger partial charge in [0.25, 0.3) is 5.69 Å². The maximum Gasteiger partial charge on any atom is 0.282 e. The molecular weight excluding hydrogens is 298 g/mol. The van der Waals surface area contributed by atoms with Gasteiger partial charge >= 0.3 is 0 Å². The van der Waals surface area contributed by atoms with E-state index in [2.05, 4.69) is 0 Å². The molecule has 0 aromatic heterocycles. The molecule has 6 heteroatoms. The van der Waals surface area contributed by atoms with Crippen molar-refractivity contribution in [1.82, 2.24) is 0 Å². The van der Waals surface area contributed by atoms with Crippen LogP contribution in [0.2, 0.25) is 5.02 Å². The summed E-state index contributed by atoms with van der Waals surface area (Å²) in [6.45, 7) is 0. The summed E-state index contributed by atoms with van der Waals surface area (Å²) in [6.07, 6.45) is 0. The van der Waals surface area contributed by atoms with E-state index in [-0.39, 0.29) is 5.69 Å². The standard InChI is InChI=1S/C14H12ClNO3S/c1-19-12-5-2-10(3-6-12)9-20-14-8-11(15)4-7-13(14)16(17)18/h2-8H,9H2,1H3. The Morgan fingerprint density at radius 2 is 1.95 bits per heavy atom. The molecule has 0 amide bonds. The Labute approximate surface area is 125 Å². The molecule has 0 aliphatic heterocycles. The van der Waals surface area contributed by atoms with E-state index < -0.39 is 4.92 Å². The smallest absolute Gasteiger partial charge is 0.282 e. The lowest BCUT2D eigenvalue weighted by atomic mass is 10.2. The van der Waals surface area contributed by atoms with E-state index in [0.717, 1.165) is 11.3 Å². The first-order valence-electron chi connectivity index (χ1n) is 5.80. The van der Waals surface area contributed by atoms with E-state index in [4.69, 9.17) is 16.3 Å². The fraction of sp³-hybridized carbons (Fsp3) is 0.143. The number of thioether (sulfide) groups is 1. The van der Waals surface area contributed by atoms with Crippen molar-refractivity contribution in [2.24, 2.45) is 0 Å². The summed E-state index contributed by atoms with van der Waals surface area (Å²) < 4.78 is 5.08. The van der Waals surface area contributed by atoms with Gasteiger partial charge in [-0.3, -0.25) is 10.1 Å². The molecule has 0 saturated heterocycles. The molecule has 0 unspecified atom stereocenters. The molecular formula is C14H12ClNO3S. The Kier molecular flexibility index (Phi) is 4.87. The van der Waals surface area contributed by atoms with Gasteiger partial charge in [-0.05, 0) is 29.8 Å². The van der Waals surface area contributed by atoms with Crippen molar-refractivity contribution in [3.63, 3.8) is 0 Å². The first-order valence-corrected chi connectivity index (χ1v) is 7.16. The lowest BCUT2D eigenvalue weighted by molar-refractivity contribution is -0.387. The molecule has 0 heterocycles. The molecule has 4 nitrogen and oxygen atoms in total. The van der Waals surface area contributed by atoms with Crippen LogP contribution in [0.5, 0.6) is 5.75 Å². The van der Waals surface area contributed by atoms with E-state index in [9.17, 15) is 10.1 Å². The monoisotopic (exact) mass is 309 g/mol. The number of nitro benzene ring substituents is 1. The molecule has 0 atom stereocenters. The molecule has 20 heavy (non-hydrogen) atoms. The highest BCUT2D eigenvalue weighted by atomic mass is 35.5. The molecule has 0 N–H and O–H groups in total. The second kappa shape index (κ2) is 6.63. The largest absolute Gasteiger partial charge is 0.497 e. The minimum absolute atomic E-state index is 0.0768. The third-order valence-electron chi connectivity index (χ3n) is 2.67. The molecule has 0 aliphatic rings.